The monoisotopic (exact) mass is 434 g/mol. The predicted molar refractivity (Wildman–Crippen MR) is 118 cm³/mol. The fraction of sp³-hybridized carbons (Fsp3) is 0.182. The second-order valence-corrected chi connectivity index (χ2v) is 7.26. The van der Waals surface area contributed by atoms with Crippen LogP contribution in [0.1, 0.15) is 32.1 Å². The highest BCUT2D eigenvalue weighted by Gasteiger charge is 2.24. The molecule has 0 unspecified atom stereocenters. The van der Waals surface area contributed by atoms with E-state index >= 15 is 0 Å². The molecule has 0 radical (unpaired) electrons. The number of imidazole rings is 2. The molecule has 0 saturated carbocycles. The molecule has 0 aliphatic heterocycles. The Morgan fingerprint density at radius 1 is 1.22 bits per heavy atom. The number of nitrogens with one attached hydrogen (secondary N) is 2. The lowest BCUT2D eigenvalue weighted by molar-refractivity contribution is 0.0970. The zero-order valence-electron chi connectivity index (χ0n) is 17.5. The average molecular weight is 434 g/mol. The first-order chi connectivity index (χ1) is 15.4. The number of hydrogen-bond donors (Lipinski definition) is 4. The molecule has 10 nitrogen and oxygen atoms in total. The van der Waals surface area contributed by atoms with Crippen LogP contribution < -0.4 is 15.8 Å². The third-order valence-corrected chi connectivity index (χ3v) is 4.87. The number of nitrogens with two attached hydrogens (primary N) is 1. The minimum atomic E-state index is -0.811. The van der Waals surface area contributed by atoms with Crippen LogP contribution in [0.5, 0.6) is 5.75 Å². The van der Waals surface area contributed by atoms with Crippen molar-refractivity contribution in [2.45, 2.75) is 13.8 Å². The number of rotatable bonds is 7. The summed E-state index contributed by atoms with van der Waals surface area (Å²) in [4.78, 5) is 36.5. The van der Waals surface area contributed by atoms with Gasteiger partial charge in [0, 0.05) is 6.07 Å². The third kappa shape index (κ3) is 4.03. The van der Waals surface area contributed by atoms with E-state index in [9.17, 15) is 9.59 Å². The highest BCUT2D eigenvalue weighted by Crippen LogP contribution is 2.23. The Bertz CT molecular complexity index is 1320. The second-order valence-electron chi connectivity index (χ2n) is 7.26. The van der Waals surface area contributed by atoms with E-state index in [1.54, 1.807) is 18.2 Å². The number of H-pyrrole nitrogens is 1. The maximum atomic E-state index is 13.2. The van der Waals surface area contributed by atoms with Gasteiger partial charge in [-0.1, -0.05) is 17.7 Å². The molecule has 10 heteroatoms. The lowest BCUT2D eigenvalue weighted by Crippen LogP contribution is -2.23. The fourth-order valence-corrected chi connectivity index (χ4v) is 3.47. The van der Waals surface area contributed by atoms with Crippen LogP contribution in [0.3, 0.4) is 0 Å². The van der Waals surface area contributed by atoms with Crippen molar-refractivity contribution in [3.8, 4) is 11.4 Å². The molecule has 0 saturated heterocycles. The number of aromatic amines is 1. The number of aliphatic hydroxyl groups excluding tert-OH is 1. The largest absolute Gasteiger partial charge is 0.491 e. The summed E-state index contributed by atoms with van der Waals surface area (Å²) >= 11 is 0. The van der Waals surface area contributed by atoms with Crippen LogP contribution >= 0.6 is 0 Å². The number of nitrogens with zero attached hydrogens (tertiary/aromatic N) is 3. The van der Waals surface area contributed by atoms with Gasteiger partial charge in [0.05, 0.1) is 23.3 Å². The van der Waals surface area contributed by atoms with Gasteiger partial charge in [-0.05, 0) is 37.6 Å². The quantitative estimate of drug-likeness (QED) is 0.350. The SMILES string of the molecule is Cc1ccc(-n2cnc(C(N)=O)c2C(=O)Nc2nc3ccc(OCCO)cc3[nH]2)c(C)c1. The highest BCUT2D eigenvalue weighted by molar-refractivity contribution is 6.10. The van der Waals surface area contributed by atoms with E-state index in [1.807, 2.05) is 32.0 Å². The van der Waals surface area contributed by atoms with Crippen molar-refractivity contribution in [2.75, 3.05) is 18.5 Å². The number of carbonyl (C=O) groups excluding carboxylic acids is 2. The summed E-state index contributed by atoms with van der Waals surface area (Å²) < 4.78 is 6.93. The molecule has 2 aromatic carbocycles. The van der Waals surface area contributed by atoms with E-state index in [0.717, 1.165) is 11.1 Å². The molecule has 4 rings (SSSR count). The van der Waals surface area contributed by atoms with Crippen molar-refractivity contribution in [2.24, 2.45) is 5.73 Å². The van der Waals surface area contributed by atoms with E-state index in [2.05, 4.69) is 20.3 Å². The number of aliphatic hydroxyl groups is 1. The van der Waals surface area contributed by atoms with Crippen LogP contribution in [-0.2, 0) is 0 Å². The summed E-state index contributed by atoms with van der Waals surface area (Å²) in [7, 11) is 0. The molecule has 2 aromatic heterocycles. The van der Waals surface area contributed by atoms with Crippen LogP contribution in [0.4, 0.5) is 5.95 Å². The zero-order chi connectivity index (χ0) is 22.8. The van der Waals surface area contributed by atoms with Gasteiger partial charge < -0.3 is 20.6 Å². The van der Waals surface area contributed by atoms with Crippen LogP contribution in [-0.4, -0.2) is 49.7 Å². The first-order valence-corrected chi connectivity index (χ1v) is 9.87. The Hall–Kier alpha value is -4.18. The Balaban J connectivity index is 1.68. The van der Waals surface area contributed by atoms with Crippen LogP contribution in [0.15, 0.2) is 42.7 Å². The number of hydrogen-bond acceptors (Lipinski definition) is 6. The Kier molecular flexibility index (Phi) is 5.61. The molecule has 0 spiro atoms. The summed E-state index contributed by atoms with van der Waals surface area (Å²) in [5.41, 5.74) is 9.26. The number of aryl methyl sites for hydroxylation is 2. The normalized spacial score (nSPS) is 11.0. The first-order valence-electron chi connectivity index (χ1n) is 9.87. The van der Waals surface area contributed by atoms with Gasteiger partial charge in [0.25, 0.3) is 11.8 Å². The van der Waals surface area contributed by atoms with Crippen molar-refractivity contribution in [1.29, 1.82) is 0 Å². The topological polar surface area (TPSA) is 148 Å². The molecule has 2 heterocycles. The highest BCUT2D eigenvalue weighted by atomic mass is 16.5. The van der Waals surface area contributed by atoms with Crippen molar-refractivity contribution in [3.63, 3.8) is 0 Å². The summed E-state index contributed by atoms with van der Waals surface area (Å²) in [6.07, 6.45) is 1.40. The summed E-state index contributed by atoms with van der Waals surface area (Å²) in [5, 5.41) is 11.6. The van der Waals surface area contributed by atoms with Crippen molar-refractivity contribution in [3.05, 3.63) is 65.2 Å². The van der Waals surface area contributed by atoms with Gasteiger partial charge >= 0.3 is 0 Å². The number of carbonyl (C=O) groups is 2. The summed E-state index contributed by atoms with van der Waals surface area (Å²) in [6.45, 7) is 3.94. The standard InChI is InChI=1S/C22H22N6O4/c1-12-3-6-17(13(2)9-12)28-11-24-18(20(23)30)19(28)21(31)27-22-25-15-5-4-14(32-8-7-29)10-16(15)26-22/h3-6,9-11,29H,7-8H2,1-2H3,(H2,23,30)(H2,25,26,27,31). The molecular weight excluding hydrogens is 412 g/mol. The number of primary amides is 1. The van der Waals surface area contributed by atoms with Gasteiger partial charge in [0.1, 0.15) is 24.4 Å². The predicted octanol–water partition coefficient (Wildman–Crippen LogP) is 2.09. The number of fused-ring (bicyclic) bond motifs is 1. The fourth-order valence-electron chi connectivity index (χ4n) is 3.47. The molecule has 164 valence electrons. The van der Waals surface area contributed by atoms with E-state index in [-0.39, 0.29) is 30.5 Å². The Morgan fingerprint density at radius 3 is 2.75 bits per heavy atom. The maximum absolute atomic E-state index is 13.2. The van der Waals surface area contributed by atoms with Gasteiger partial charge in [-0.25, -0.2) is 9.97 Å². The molecule has 32 heavy (non-hydrogen) atoms. The zero-order valence-corrected chi connectivity index (χ0v) is 17.5. The number of aromatic nitrogens is 4. The number of benzene rings is 2. The molecule has 2 amide bonds. The van der Waals surface area contributed by atoms with E-state index in [0.29, 0.717) is 22.5 Å². The number of ether oxygens (including phenoxy) is 1. The molecule has 0 fully saturated rings. The van der Waals surface area contributed by atoms with Crippen LogP contribution in [0.2, 0.25) is 0 Å². The molecule has 0 aliphatic carbocycles. The minimum Gasteiger partial charge on any atom is -0.491 e. The van der Waals surface area contributed by atoms with Crippen LogP contribution in [0, 0.1) is 13.8 Å². The van der Waals surface area contributed by atoms with E-state index in [4.69, 9.17) is 15.6 Å². The van der Waals surface area contributed by atoms with E-state index in [1.165, 1.54) is 10.9 Å². The summed E-state index contributed by atoms with van der Waals surface area (Å²) in [5.74, 6) is -0.661. The first kappa shape index (κ1) is 21.1. The Morgan fingerprint density at radius 2 is 2.03 bits per heavy atom. The van der Waals surface area contributed by atoms with Crippen molar-refractivity contribution < 1.29 is 19.4 Å². The molecular formula is C22H22N6O4. The van der Waals surface area contributed by atoms with E-state index < -0.39 is 11.8 Å². The summed E-state index contributed by atoms with van der Waals surface area (Å²) in [6, 6.07) is 10.9. The number of amides is 2. The molecule has 5 N–H and O–H groups in total. The lowest BCUT2D eigenvalue weighted by atomic mass is 10.1. The molecule has 0 aliphatic rings. The maximum Gasteiger partial charge on any atom is 0.277 e. The molecule has 4 aromatic rings. The third-order valence-electron chi connectivity index (χ3n) is 4.87. The molecule has 0 bridgehead atoms. The number of anilines is 1. The van der Waals surface area contributed by atoms with Crippen molar-refractivity contribution >= 4 is 28.8 Å². The second kappa shape index (κ2) is 8.52. The smallest absolute Gasteiger partial charge is 0.277 e. The Labute approximate surface area is 183 Å². The van der Waals surface area contributed by atoms with Crippen LogP contribution in [0.25, 0.3) is 16.7 Å². The van der Waals surface area contributed by atoms with Gasteiger partial charge in [-0.2, -0.15) is 0 Å². The van der Waals surface area contributed by atoms with Gasteiger partial charge in [-0.15, -0.1) is 0 Å². The molecule has 0 atom stereocenters. The van der Waals surface area contributed by atoms with Crippen molar-refractivity contribution in [1.82, 2.24) is 19.5 Å². The van der Waals surface area contributed by atoms with Gasteiger partial charge in [0.2, 0.25) is 5.95 Å². The average Bonchev–Trinajstić information content (AvgIpc) is 3.35. The minimum absolute atomic E-state index is 0.0110. The van der Waals surface area contributed by atoms with Gasteiger partial charge in [0.15, 0.2) is 5.69 Å². The lowest BCUT2D eigenvalue weighted by Gasteiger charge is -2.12. The van der Waals surface area contributed by atoms with Gasteiger partial charge in [-0.3, -0.25) is 19.5 Å².